The minimum Gasteiger partial charge on any atom is -0.394 e. The van der Waals surface area contributed by atoms with E-state index in [2.05, 4.69) is 0 Å². The molecule has 0 spiro atoms. The second kappa shape index (κ2) is 7.13. The first-order valence-electron chi connectivity index (χ1n) is 3.57. The van der Waals surface area contributed by atoms with Crippen LogP contribution in [0.15, 0.2) is 0 Å². The Balaban J connectivity index is 0. The minimum atomic E-state index is -1.59. The van der Waals surface area contributed by atoms with Crippen molar-refractivity contribution in [3.63, 3.8) is 0 Å². The van der Waals surface area contributed by atoms with Crippen LogP contribution in [-0.4, -0.2) is 63.1 Å². The molecule has 0 radical (unpaired) electrons. The second-order valence-electron chi connectivity index (χ2n) is 2.53. The second-order valence-corrected chi connectivity index (χ2v) is 2.53. The molecule has 0 amide bonds. The average Bonchev–Trinajstić information content (AvgIpc) is 2.12. The van der Waals surface area contributed by atoms with Gasteiger partial charge in [0.15, 0.2) is 0 Å². The molecule has 4 atom stereocenters. The van der Waals surface area contributed by atoms with Gasteiger partial charge in [-0.2, -0.15) is 0 Å². The lowest BCUT2D eigenvalue weighted by Gasteiger charge is -2.24. The van der Waals surface area contributed by atoms with Gasteiger partial charge in [0.05, 0.1) is 12.7 Å². The van der Waals surface area contributed by atoms with Crippen LogP contribution in [0.5, 0.6) is 0 Å². The molecule has 0 bridgehead atoms. The molecular weight excluding hydrogens is 185 g/mol. The van der Waals surface area contributed by atoms with Crippen molar-refractivity contribution in [2.45, 2.75) is 24.4 Å². The van der Waals surface area contributed by atoms with E-state index in [-0.39, 0.29) is 11.2 Å². The van der Waals surface area contributed by atoms with Crippen LogP contribution >= 0.6 is 0 Å². The van der Waals surface area contributed by atoms with Crippen molar-refractivity contribution in [3.05, 3.63) is 0 Å². The minimum absolute atomic E-state index is 0. The van der Waals surface area contributed by atoms with E-state index >= 15 is 0 Å². The maximum absolute atomic E-state index is 9.04. The summed E-state index contributed by atoms with van der Waals surface area (Å²) in [7, 11) is 0. The topological polar surface area (TPSA) is 127 Å². The van der Waals surface area contributed by atoms with Crippen LogP contribution in [0.1, 0.15) is 0 Å². The van der Waals surface area contributed by atoms with Crippen LogP contribution in [0, 0.1) is 0 Å². The zero-order chi connectivity index (χ0) is 9.72. The summed E-state index contributed by atoms with van der Waals surface area (Å²) in [4.78, 5) is 0. The van der Waals surface area contributed by atoms with Crippen molar-refractivity contribution < 1.29 is 30.2 Å². The fourth-order valence-electron chi connectivity index (χ4n) is 0.703. The fourth-order valence-corrected chi connectivity index (χ4v) is 0.703. The van der Waals surface area contributed by atoms with E-state index in [1.165, 1.54) is 0 Å². The van der Waals surface area contributed by atoms with Crippen LogP contribution in [0.25, 0.3) is 0 Å². The lowest BCUT2D eigenvalue weighted by atomic mass is 10.0. The molecule has 0 aliphatic rings. The molecule has 13 heavy (non-hydrogen) atoms. The molecule has 0 fully saturated rings. The van der Waals surface area contributed by atoms with Crippen LogP contribution < -0.4 is 5.73 Å². The maximum Gasteiger partial charge on any atom is 0.111 e. The summed E-state index contributed by atoms with van der Waals surface area (Å²) in [6, 6.07) is 0. The van der Waals surface area contributed by atoms with E-state index in [0.29, 0.717) is 0 Å². The van der Waals surface area contributed by atoms with Crippen LogP contribution in [0.2, 0.25) is 0 Å². The van der Waals surface area contributed by atoms with Gasteiger partial charge in [0.25, 0.3) is 0 Å². The molecule has 0 aliphatic heterocycles. The number of hydrogen-bond acceptors (Lipinski definition) is 6. The number of nitrogens with two attached hydrogens (primary N) is 1. The van der Waals surface area contributed by atoms with Gasteiger partial charge in [0.2, 0.25) is 0 Å². The van der Waals surface area contributed by atoms with E-state index in [9.17, 15) is 0 Å². The Hall–Kier alpha value is -0.310. The van der Waals surface area contributed by atoms with Crippen molar-refractivity contribution in [1.29, 1.82) is 0 Å². The van der Waals surface area contributed by atoms with Gasteiger partial charge >= 0.3 is 0 Å². The van der Waals surface area contributed by atoms with E-state index < -0.39 is 31.0 Å². The van der Waals surface area contributed by atoms with E-state index in [0.717, 1.165) is 0 Å². The van der Waals surface area contributed by atoms with Gasteiger partial charge in [-0.05, 0) is 0 Å². The number of aliphatic hydroxyl groups excluding tert-OH is 5. The SMILES string of the molecule is F.NC[C@H](O)[C@@H](O)[C@@H](O)[C@H](O)CO. The number of aliphatic hydroxyl groups is 5. The summed E-state index contributed by atoms with van der Waals surface area (Å²) in [6.07, 6.45) is -5.91. The molecule has 0 rings (SSSR count). The summed E-state index contributed by atoms with van der Waals surface area (Å²) in [5.41, 5.74) is 4.99. The Kier molecular flexibility index (Phi) is 8.32. The Morgan fingerprint density at radius 2 is 1.31 bits per heavy atom. The van der Waals surface area contributed by atoms with Gasteiger partial charge in [-0.1, -0.05) is 0 Å². The van der Waals surface area contributed by atoms with Crippen LogP contribution in [0.3, 0.4) is 0 Å². The predicted octanol–water partition coefficient (Wildman–Crippen LogP) is -3.47. The average molecular weight is 201 g/mol. The molecular formula is C6H16FNO5. The van der Waals surface area contributed by atoms with Crippen molar-refractivity contribution in [3.8, 4) is 0 Å². The van der Waals surface area contributed by atoms with Gasteiger partial charge in [-0.15, -0.1) is 0 Å². The number of halogens is 1. The third kappa shape index (κ3) is 4.46. The van der Waals surface area contributed by atoms with E-state index in [1.54, 1.807) is 0 Å². The van der Waals surface area contributed by atoms with Gasteiger partial charge in [-0.25, -0.2) is 0 Å². The highest BCUT2D eigenvalue weighted by atomic mass is 19.0. The number of hydrogen-bond donors (Lipinski definition) is 6. The van der Waals surface area contributed by atoms with Crippen LogP contribution in [-0.2, 0) is 0 Å². The molecule has 0 aromatic rings. The quantitative estimate of drug-likeness (QED) is 0.274. The highest BCUT2D eigenvalue weighted by Crippen LogP contribution is 2.03. The van der Waals surface area contributed by atoms with Gasteiger partial charge < -0.3 is 31.3 Å². The highest BCUT2D eigenvalue weighted by Gasteiger charge is 2.28. The van der Waals surface area contributed by atoms with Gasteiger partial charge in [0, 0.05) is 6.54 Å². The molecule has 0 heterocycles. The zero-order valence-corrected chi connectivity index (χ0v) is 6.95. The van der Waals surface area contributed by atoms with Gasteiger partial charge in [0.1, 0.15) is 18.3 Å². The summed E-state index contributed by atoms with van der Waals surface area (Å²) in [5.74, 6) is 0. The maximum atomic E-state index is 9.04. The third-order valence-electron chi connectivity index (χ3n) is 1.57. The largest absolute Gasteiger partial charge is 0.394 e. The van der Waals surface area contributed by atoms with Crippen molar-refractivity contribution >= 4 is 0 Å². The Bertz CT molecular complexity index is 114. The first kappa shape index (κ1) is 15.2. The molecule has 0 saturated heterocycles. The smallest absolute Gasteiger partial charge is 0.111 e. The number of rotatable bonds is 5. The van der Waals surface area contributed by atoms with Crippen molar-refractivity contribution in [2.24, 2.45) is 5.73 Å². The standard InChI is InChI=1S/C6H15NO5.FH/c7-1-3(9)5(11)6(12)4(10)2-8;/h3-6,8-12H,1-2,7H2;1H/t3-,4+,5+,6-;/m0./s1. The Labute approximate surface area is 74.6 Å². The monoisotopic (exact) mass is 201 g/mol. The normalized spacial score (nSPS) is 19.8. The molecule has 6 nitrogen and oxygen atoms in total. The molecule has 0 aromatic heterocycles. The highest BCUT2D eigenvalue weighted by molar-refractivity contribution is 4.80. The third-order valence-corrected chi connectivity index (χ3v) is 1.57. The van der Waals surface area contributed by atoms with Crippen molar-refractivity contribution in [2.75, 3.05) is 13.2 Å². The zero-order valence-electron chi connectivity index (χ0n) is 6.95. The molecule has 0 aliphatic carbocycles. The fraction of sp³-hybridized carbons (Fsp3) is 1.00. The predicted molar refractivity (Wildman–Crippen MR) is 42.7 cm³/mol. The molecule has 7 N–H and O–H groups in total. The summed E-state index contributed by atoms with van der Waals surface area (Å²) < 4.78 is 0. The molecule has 0 saturated carbocycles. The first-order valence-corrected chi connectivity index (χ1v) is 3.57. The summed E-state index contributed by atoms with van der Waals surface area (Å²) in [6.45, 7) is -0.911. The molecule has 0 unspecified atom stereocenters. The molecule has 7 heteroatoms. The Morgan fingerprint density at radius 3 is 1.62 bits per heavy atom. The van der Waals surface area contributed by atoms with E-state index in [1.807, 2.05) is 0 Å². The lowest BCUT2D eigenvalue weighted by molar-refractivity contribution is -0.112. The first-order chi connectivity index (χ1) is 5.54. The molecule has 0 aromatic carbocycles. The van der Waals surface area contributed by atoms with Crippen LogP contribution in [0.4, 0.5) is 4.70 Å². The molecule has 82 valence electrons. The van der Waals surface area contributed by atoms with Crippen molar-refractivity contribution in [1.82, 2.24) is 0 Å². The summed E-state index contributed by atoms with van der Waals surface area (Å²) >= 11 is 0. The van der Waals surface area contributed by atoms with Gasteiger partial charge in [-0.3, -0.25) is 4.70 Å². The Morgan fingerprint density at radius 1 is 0.923 bits per heavy atom. The lowest BCUT2D eigenvalue weighted by Crippen LogP contribution is -2.48. The summed E-state index contributed by atoms with van der Waals surface area (Å²) in [5, 5.41) is 44.2. The van der Waals surface area contributed by atoms with E-state index in [4.69, 9.17) is 31.3 Å².